The van der Waals surface area contributed by atoms with E-state index in [2.05, 4.69) is 5.63 Å². The molecule has 1 unspecified atom stereocenters. The van der Waals surface area contributed by atoms with Gasteiger partial charge in [-0.1, -0.05) is 0 Å². The molecule has 0 saturated carbocycles. The van der Waals surface area contributed by atoms with E-state index in [1.165, 1.54) is 0 Å². The summed E-state index contributed by atoms with van der Waals surface area (Å²) < 4.78 is 9.96. The van der Waals surface area contributed by atoms with Gasteiger partial charge in [-0.3, -0.25) is 0 Å². The number of rotatable bonds is 7. The first-order valence-electron chi connectivity index (χ1n) is 4.72. The number of unbranched alkanes of at least 4 members (excludes halogenated alkanes) is 4. The summed E-state index contributed by atoms with van der Waals surface area (Å²) in [6, 6.07) is -0.728. The van der Waals surface area contributed by atoms with Crippen LogP contribution < -0.4 is 5.73 Å². The Hall–Kier alpha value is -0.560. The van der Waals surface area contributed by atoms with Gasteiger partial charge < -0.3 is 0 Å². The second-order valence-electron chi connectivity index (χ2n) is 3.15. The summed E-state index contributed by atoms with van der Waals surface area (Å²) >= 11 is 0. The third-order valence-corrected chi connectivity index (χ3v) is 2.29. The average Bonchev–Trinajstić information content (AvgIpc) is 2.16. The fraction of sp³-hybridized carbons (Fsp3) is 0.778. The molecule has 0 aromatic heterocycles. The maximum absolute atomic E-state index is 10.3. The number of carboxylic acid groups (broad SMARTS) is 1. The van der Waals surface area contributed by atoms with Crippen molar-refractivity contribution in [3.8, 4) is 5.63 Å². The van der Waals surface area contributed by atoms with Crippen molar-refractivity contribution in [3.63, 3.8) is 0 Å². The maximum atomic E-state index is 10.3. The van der Waals surface area contributed by atoms with E-state index in [4.69, 9.17) is 10.8 Å². The van der Waals surface area contributed by atoms with Crippen molar-refractivity contribution < 1.29 is 14.5 Å². The van der Waals surface area contributed by atoms with Gasteiger partial charge in [-0.05, 0) is 0 Å². The molecule has 0 rings (SSSR count). The van der Waals surface area contributed by atoms with Crippen molar-refractivity contribution in [2.45, 2.75) is 44.6 Å². The van der Waals surface area contributed by atoms with Crippen LogP contribution >= 0.6 is 7.92 Å². The fourth-order valence-corrected chi connectivity index (χ4v) is 1.34. The van der Waals surface area contributed by atoms with Crippen molar-refractivity contribution >= 4 is 13.9 Å². The van der Waals surface area contributed by atoms with E-state index < -0.39 is 12.0 Å². The zero-order valence-electron chi connectivity index (χ0n) is 8.11. The van der Waals surface area contributed by atoms with Gasteiger partial charge in [0, 0.05) is 0 Å². The average molecular weight is 217 g/mol. The molecule has 80 valence electrons. The summed E-state index contributed by atoms with van der Waals surface area (Å²) in [6.45, 7) is 0. The van der Waals surface area contributed by atoms with Crippen LogP contribution in [0.1, 0.15) is 38.5 Å². The van der Waals surface area contributed by atoms with Gasteiger partial charge in [0.1, 0.15) is 0 Å². The quantitative estimate of drug-likeness (QED) is 0.504. The molecule has 0 fully saturated rings. The van der Waals surface area contributed by atoms with Gasteiger partial charge in [-0.2, -0.15) is 0 Å². The van der Waals surface area contributed by atoms with Crippen LogP contribution in [0.4, 0.5) is 0 Å². The molecule has 1 atom stereocenters. The number of hydrogen-bond donors (Lipinski definition) is 2. The normalized spacial score (nSPS) is 11.8. The molecule has 14 heavy (non-hydrogen) atoms. The second-order valence-corrected chi connectivity index (χ2v) is 3.65. The van der Waals surface area contributed by atoms with Gasteiger partial charge in [-0.15, -0.1) is 0 Å². The minimum absolute atomic E-state index is 0.0293. The van der Waals surface area contributed by atoms with Crippen molar-refractivity contribution in [3.05, 3.63) is 0 Å². The number of carbonyl (C=O) groups is 1. The molecule has 0 bridgehead atoms. The topological polar surface area (TPSA) is 80.4 Å². The molecular weight excluding hydrogens is 201 g/mol. The predicted octanol–water partition coefficient (Wildman–Crippen LogP) is 1.99. The van der Waals surface area contributed by atoms with Crippen LogP contribution in [0.25, 0.3) is 0 Å². The van der Waals surface area contributed by atoms with Gasteiger partial charge >= 0.3 is 84.3 Å². The molecule has 0 aromatic carbocycles. The van der Waals surface area contributed by atoms with Gasteiger partial charge in [0.05, 0.1) is 0 Å². The van der Waals surface area contributed by atoms with Crippen LogP contribution in [0, 0.1) is 5.63 Å². The summed E-state index contributed by atoms with van der Waals surface area (Å²) in [5.41, 5.74) is 7.99. The molecule has 0 aliphatic rings. The first-order valence-corrected chi connectivity index (χ1v) is 5.53. The van der Waals surface area contributed by atoms with Crippen molar-refractivity contribution in [2.24, 2.45) is 5.73 Å². The van der Waals surface area contributed by atoms with E-state index >= 15 is 0 Å². The van der Waals surface area contributed by atoms with Gasteiger partial charge in [0.2, 0.25) is 0 Å². The number of nitrogens with two attached hydrogens (primary N) is 1. The van der Waals surface area contributed by atoms with E-state index in [0.717, 1.165) is 32.1 Å². The fourth-order valence-electron chi connectivity index (χ4n) is 1.09. The molecule has 0 aliphatic heterocycles. The van der Waals surface area contributed by atoms with Crippen LogP contribution in [0.3, 0.4) is 0 Å². The van der Waals surface area contributed by atoms with Crippen LogP contribution in [-0.4, -0.2) is 17.1 Å². The van der Waals surface area contributed by atoms with Crippen molar-refractivity contribution in [1.82, 2.24) is 0 Å². The number of aliphatic carboxylic acids is 1. The Balaban J connectivity index is 3.24. The SMILES string of the molecule is NC(CCCCCCC#P=O)C(=O)O. The molecule has 5 heteroatoms. The van der Waals surface area contributed by atoms with Crippen LogP contribution in [0.15, 0.2) is 0 Å². The molecular formula is C9H16NO3P. The standard InChI is InChI=1S/C9H16NO3P/c10-8(9(11)12)6-4-2-1-3-5-7-14-13/h8H,1-6,10H2,(H,11,12). The second kappa shape index (κ2) is 9.01. The first kappa shape index (κ1) is 13.4. The third-order valence-electron chi connectivity index (χ3n) is 1.94. The Morgan fingerprint density at radius 1 is 1.36 bits per heavy atom. The monoisotopic (exact) mass is 217 g/mol. The van der Waals surface area contributed by atoms with E-state index in [1.54, 1.807) is 0 Å². The molecule has 0 heterocycles. The summed E-state index contributed by atoms with van der Waals surface area (Å²) in [5.74, 6) is -0.933. The Morgan fingerprint density at radius 3 is 2.57 bits per heavy atom. The molecule has 0 aliphatic carbocycles. The Labute approximate surface area is 85.0 Å². The molecule has 4 nitrogen and oxygen atoms in total. The first-order chi connectivity index (χ1) is 6.68. The number of hydrogen-bond acceptors (Lipinski definition) is 3. The van der Waals surface area contributed by atoms with E-state index in [1.807, 2.05) is 0 Å². The van der Waals surface area contributed by atoms with Crippen LogP contribution in [0.2, 0.25) is 0 Å². The van der Waals surface area contributed by atoms with E-state index in [-0.39, 0.29) is 7.92 Å². The molecule has 0 spiro atoms. The molecule has 3 N–H and O–H groups in total. The van der Waals surface area contributed by atoms with Crippen molar-refractivity contribution in [1.29, 1.82) is 0 Å². The molecule has 0 aromatic rings. The van der Waals surface area contributed by atoms with Gasteiger partial charge in [-0.25, -0.2) is 0 Å². The minimum atomic E-state index is -0.933. The van der Waals surface area contributed by atoms with Crippen LogP contribution in [-0.2, 0) is 9.36 Å². The predicted molar refractivity (Wildman–Crippen MR) is 54.8 cm³/mol. The van der Waals surface area contributed by atoms with Crippen molar-refractivity contribution in [2.75, 3.05) is 0 Å². The van der Waals surface area contributed by atoms with Gasteiger partial charge in [0.25, 0.3) is 0 Å². The summed E-state index contributed by atoms with van der Waals surface area (Å²) in [7, 11) is -0.0293. The Bertz CT molecular complexity index is 260. The molecule has 0 amide bonds. The molecule has 0 radical (unpaired) electrons. The van der Waals surface area contributed by atoms with E-state index in [9.17, 15) is 9.36 Å². The zero-order chi connectivity index (χ0) is 10.8. The Kier molecular flexibility index (Phi) is 8.65. The summed E-state index contributed by atoms with van der Waals surface area (Å²) in [4.78, 5) is 10.3. The summed E-state index contributed by atoms with van der Waals surface area (Å²) in [6.07, 6.45) is 5.03. The van der Waals surface area contributed by atoms with Gasteiger partial charge in [0.15, 0.2) is 0 Å². The number of carboxylic acids is 1. The Morgan fingerprint density at radius 2 is 2.00 bits per heavy atom. The zero-order valence-corrected chi connectivity index (χ0v) is 9.00. The molecule has 0 saturated heterocycles. The summed E-state index contributed by atoms with van der Waals surface area (Å²) in [5, 5.41) is 8.48. The van der Waals surface area contributed by atoms with Crippen LogP contribution in [0.5, 0.6) is 0 Å². The van der Waals surface area contributed by atoms with E-state index in [0.29, 0.717) is 6.42 Å². The third kappa shape index (κ3) is 8.06.